The van der Waals surface area contributed by atoms with Crippen LogP contribution in [0.4, 0.5) is 0 Å². The molecule has 4 aliphatic rings. The highest BCUT2D eigenvalue weighted by Crippen LogP contribution is 2.73. The lowest BCUT2D eigenvalue weighted by atomic mass is 9.68. The zero-order chi connectivity index (χ0) is 30.1. The molecule has 41 heavy (non-hydrogen) atoms. The molecule has 1 aliphatic heterocycles. The quantitative estimate of drug-likeness (QED) is 0.272. The van der Waals surface area contributed by atoms with Crippen LogP contribution in [0.25, 0.3) is 0 Å². The van der Waals surface area contributed by atoms with Crippen molar-refractivity contribution in [2.24, 2.45) is 16.7 Å². The van der Waals surface area contributed by atoms with E-state index in [0.29, 0.717) is 6.42 Å². The van der Waals surface area contributed by atoms with Crippen molar-refractivity contribution in [1.82, 2.24) is 0 Å². The van der Waals surface area contributed by atoms with Gasteiger partial charge in [0.25, 0.3) is 10.1 Å². The Bertz CT molecular complexity index is 1340. The molecule has 9 atom stereocenters. The third kappa shape index (κ3) is 4.76. The van der Waals surface area contributed by atoms with E-state index < -0.39 is 75.9 Å². The van der Waals surface area contributed by atoms with Crippen molar-refractivity contribution in [2.75, 3.05) is 0 Å². The first-order valence-corrected chi connectivity index (χ1v) is 15.3. The Labute approximate surface area is 240 Å². The van der Waals surface area contributed by atoms with Crippen molar-refractivity contribution in [1.29, 1.82) is 0 Å². The Morgan fingerprint density at radius 2 is 1.29 bits per heavy atom. The normalized spacial score (nSPS) is 38.9. The van der Waals surface area contributed by atoms with E-state index in [1.807, 2.05) is 6.92 Å². The molecule has 11 nitrogen and oxygen atoms in total. The van der Waals surface area contributed by atoms with Crippen LogP contribution in [0.2, 0.25) is 0 Å². The average Bonchev–Trinajstić information content (AvgIpc) is 3.40. The first-order valence-electron chi connectivity index (χ1n) is 13.9. The molecule has 0 aromatic heterocycles. The Kier molecular flexibility index (Phi) is 7.32. The van der Waals surface area contributed by atoms with Gasteiger partial charge in [0.05, 0.1) is 4.90 Å². The smallest absolute Gasteiger partial charge is 0.303 e. The minimum absolute atomic E-state index is 0.117. The molecule has 1 heterocycles. The molecule has 3 saturated carbocycles. The van der Waals surface area contributed by atoms with Crippen molar-refractivity contribution in [2.45, 2.75) is 115 Å². The van der Waals surface area contributed by atoms with E-state index in [2.05, 4.69) is 20.8 Å². The second kappa shape index (κ2) is 10.0. The number of hydrogen-bond donors (Lipinski definition) is 0. The lowest BCUT2D eigenvalue weighted by molar-refractivity contribution is -0.257. The molecule has 0 amide bonds. The fraction of sp³-hybridized carbons (Fsp3) is 0.690. The SMILES string of the molecule is CC(=O)O[C@@H]1[C@@H](OC(C)=O)[C@H](OS(=O)(=O)c2ccc(C)cc2)[C@@H]2OC3(C[C@H]4CC[C@]3(C)C4(C)C)O[C@@H]2[C@H]1OC(C)=O. The molecular formula is C29H38O11S. The molecule has 1 spiro atoms. The summed E-state index contributed by atoms with van der Waals surface area (Å²) in [5.74, 6) is -3.12. The van der Waals surface area contributed by atoms with Crippen LogP contribution < -0.4 is 0 Å². The number of ether oxygens (including phenoxy) is 5. The molecule has 1 aromatic rings. The Hall–Kier alpha value is -2.54. The molecule has 4 fully saturated rings. The fourth-order valence-corrected chi connectivity index (χ4v) is 8.48. The van der Waals surface area contributed by atoms with Gasteiger partial charge in [-0.25, -0.2) is 0 Å². The predicted octanol–water partition coefficient (Wildman–Crippen LogP) is 3.20. The van der Waals surface area contributed by atoms with Crippen molar-refractivity contribution < 1.29 is 50.7 Å². The Morgan fingerprint density at radius 3 is 1.76 bits per heavy atom. The molecule has 5 rings (SSSR count). The summed E-state index contributed by atoms with van der Waals surface area (Å²) in [5, 5.41) is 0. The number of benzene rings is 1. The van der Waals surface area contributed by atoms with Crippen LogP contribution in [0.15, 0.2) is 29.2 Å². The van der Waals surface area contributed by atoms with E-state index in [1.165, 1.54) is 19.1 Å². The molecule has 0 N–H and O–H groups in total. The van der Waals surface area contributed by atoms with Crippen molar-refractivity contribution in [3.63, 3.8) is 0 Å². The van der Waals surface area contributed by atoms with E-state index in [1.54, 1.807) is 12.1 Å². The van der Waals surface area contributed by atoms with Gasteiger partial charge in [0, 0.05) is 32.6 Å². The second-order valence-electron chi connectivity index (χ2n) is 12.5. The van der Waals surface area contributed by atoms with Gasteiger partial charge >= 0.3 is 17.9 Å². The summed E-state index contributed by atoms with van der Waals surface area (Å²) in [6, 6.07) is 6.07. The minimum atomic E-state index is -4.44. The molecule has 0 radical (unpaired) electrons. The number of esters is 3. The third-order valence-corrected chi connectivity index (χ3v) is 11.2. The summed E-state index contributed by atoms with van der Waals surface area (Å²) in [6.45, 7) is 11.7. The Balaban J connectivity index is 1.63. The standard InChI is InChI=1S/C29H38O11S/c1-15-8-10-20(11-9-15)41(33,34)40-26-23(37-18(4)32)21(35-16(2)30)22(36-17(3)31)24-25(26)39-29(38-24)14-19-12-13-28(29,7)27(19,5)6/h8-11,19,21-26H,12-14H2,1-7H3/t19-,21+,22+,23-,24-,25-,26+,28-,29?/m1/s1. The summed E-state index contributed by atoms with van der Waals surface area (Å²) < 4.78 is 63.2. The number of hydrogen-bond acceptors (Lipinski definition) is 11. The van der Waals surface area contributed by atoms with Crippen molar-refractivity contribution in [3.8, 4) is 0 Å². The maximum atomic E-state index is 13.6. The van der Waals surface area contributed by atoms with E-state index in [0.717, 1.165) is 32.3 Å². The van der Waals surface area contributed by atoms with Crippen LogP contribution in [0.3, 0.4) is 0 Å². The number of fused-ring (bicyclic) bond motifs is 4. The van der Waals surface area contributed by atoms with Gasteiger partial charge in [-0.05, 0) is 43.2 Å². The van der Waals surface area contributed by atoms with Gasteiger partial charge in [-0.15, -0.1) is 0 Å². The highest BCUT2D eigenvalue weighted by atomic mass is 32.2. The van der Waals surface area contributed by atoms with Gasteiger partial charge in [0.2, 0.25) is 0 Å². The van der Waals surface area contributed by atoms with E-state index in [4.69, 9.17) is 27.9 Å². The fourth-order valence-electron chi connectivity index (χ4n) is 7.39. The summed E-state index contributed by atoms with van der Waals surface area (Å²) in [5.41, 5.74) is 0.198. The first kappa shape index (κ1) is 29.9. The maximum absolute atomic E-state index is 13.6. The summed E-state index contributed by atoms with van der Waals surface area (Å²) in [7, 11) is -4.44. The molecule has 1 saturated heterocycles. The van der Waals surface area contributed by atoms with Gasteiger partial charge in [-0.2, -0.15) is 8.42 Å². The molecule has 226 valence electrons. The number of carbonyl (C=O) groups is 3. The van der Waals surface area contributed by atoms with Gasteiger partial charge in [0.15, 0.2) is 24.1 Å². The van der Waals surface area contributed by atoms with Crippen LogP contribution in [0.1, 0.15) is 66.4 Å². The monoisotopic (exact) mass is 594 g/mol. The maximum Gasteiger partial charge on any atom is 0.303 e. The number of aryl methyl sites for hydroxylation is 1. The Morgan fingerprint density at radius 1 is 0.805 bits per heavy atom. The van der Waals surface area contributed by atoms with Gasteiger partial charge in [-0.3, -0.25) is 18.6 Å². The summed E-state index contributed by atoms with van der Waals surface area (Å²) >= 11 is 0. The number of rotatable bonds is 6. The topological polar surface area (TPSA) is 141 Å². The van der Waals surface area contributed by atoms with Crippen LogP contribution >= 0.6 is 0 Å². The van der Waals surface area contributed by atoms with Crippen LogP contribution in [-0.2, 0) is 52.4 Å². The third-order valence-electron chi connectivity index (χ3n) is 9.84. The van der Waals surface area contributed by atoms with Crippen LogP contribution in [-0.4, -0.2) is 68.7 Å². The summed E-state index contributed by atoms with van der Waals surface area (Å²) in [6.07, 6.45) is -5.61. The predicted molar refractivity (Wildman–Crippen MR) is 142 cm³/mol. The van der Waals surface area contributed by atoms with E-state index in [-0.39, 0.29) is 16.2 Å². The van der Waals surface area contributed by atoms with E-state index in [9.17, 15) is 22.8 Å². The average molecular weight is 595 g/mol. The lowest BCUT2D eigenvalue weighted by Crippen LogP contribution is -2.66. The second-order valence-corrected chi connectivity index (χ2v) is 14.0. The largest absolute Gasteiger partial charge is 0.456 e. The van der Waals surface area contributed by atoms with Crippen molar-refractivity contribution in [3.05, 3.63) is 29.8 Å². The van der Waals surface area contributed by atoms with Gasteiger partial charge in [0.1, 0.15) is 18.3 Å². The van der Waals surface area contributed by atoms with Gasteiger partial charge in [-0.1, -0.05) is 38.5 Å². The molecule has 1 aromatic carbocycles. The zero-order valence-corrected chi connectivity index (χ0v) is 25.2. The molecule has 12 heteroatoms. The van der Waals surface area contributed by atoms with Crippen LogP contribution in [0, 0.1) is 23.7 Å². The zero-order valence-electron chi connectivity index (χ0n) is 24.4. The highest BCUT2D eigenvalue weighted by Gasteiger charge is 2.77. The highest BCUT2D eigenvalue weighted by molar-refractivity contribution is 7.86. The molecular weight excluding hydrogens is 556 g/mol. The lowest BCUT2D eigenvalue weighted by Gasteiger charge is -2.45. The molecule has 3 aliphatic carbocycles. The summed E-state index contributed by atoms with van der Waals surface area (Å²) in [4.78, 5) is 36.8. The van der Waals surface area contributed by atoms with E-state index >= 15 is 0 Å². The molecule has 1 unspecified atom stereocenters. The minimum Gasteiger partial charge on any atom is -0.456 e. The van der Waals surface area contributed by atoms with Crippen molar-refractivity contribution >= 4 is 28.0 Å². The van der Waals surface area contributed by atoms with Crippen LogP contribution in [0.5, 0.6) is 0 Å². The number of carbonyl (C=O) groups excluding carboxylic acids is 3. The molecule has 2 bridgehead atoms. The van der Waals surface area contributed by atoms with Gasteiger partial charge < -0.3 is 23.7 Å². The first-order chi connectivity index (χ1) is 19.0.